The number of halogens is 1. The summed E-state index contributed by atoms with van der Waals surface area (Å²) in [6, 6.07) is 12.9. The van der Waals surface area contributed by atoms with Crippen LogP contribution in [0.5, 0.6) is 23.0 Å². The summed E-state index contributed by atoms with van der Waals surface area (Å²) in [6.07, 6.45) is 4.73. The number of amides is 2. The Morgan fingerprint density at radius 2 is 1.66 bits per heavy atom. The molecule has 10 heteroatoms. The molecule has 2 aliphatic rings. The Morgan fingerprint density at radius 3 is 2.24 bits per heavy atom. The highest BCUT2D eigenvalue weighted by atomic mass is 19.1. The number of primary amides is 2. The molecule has 1 aliphatic heterocycles. The van der Waals surface area contributed by atoms with E-state index >= 15 is 0 Å². The minimum Gasteiger partial charge on any atom is -0.493 e. The number of rotatable bonds is 8. The molecule has 196 valence electrons. The van der Waals surface area contributed by atoms with Crippen LogP contribution in [-0.4, -0.2) is 50.3 Å². The summed E-state index contributed by atoms with van der Waals surface area (Å²) < 4.78 is 32.1. The number of carbonyl (C=O) groups is 2. The summed E-state index contributed by atoms with van der Waals surface area (Å²) in [6.45, 7) is 1.41. The largest absolute Gasteiger partial charge is 0.493 e. The van der Waals surface area contributed by atoms with Crippen LogP contribution in [-0.2, 0) is 9.59 Å². The molecule has 5 rings (SSSR count). The lowest BCUT2D eigenvalue weighted by atomic mass is 9.76. The van der Waals surface area contributed by atoms with Gasteiger partial charge in [-0.05, 0) is 36.4 Å². The number of ether oxygens (including phenoxy) is 3. The third kappa shape index (κ3) is 3.84. The zero-order valence-electron chi connectivity index (χ0n) is 21.0. The van der Waals surface area contributed by atoms with Gasteiger partial charge in [-0.15, -0.1) is 0 Å². The number of quaternary nitrogens is 1. The molecular weight excluding hydrogens is 491 g/mol. The van der Waals surface area contributed by atoms with Crippen molar-refractivity contribution in [1.82, 2.24) is 9.47 Å². The predicted molar refractivity (Wildman–Crippen MR) is 140 cm³/mol. The summed E-state index contributed by atoms with van der Waals surface area (Å²) in [7, 11) is 3.13. The molecule has 2 aromatic carbocycles. The Hall–Kier alpha value is -4.44. The minimum atomic E-state index is -2.22. The average molecular weight is 520 g/mol. The monoisotopic (exact) mass is 519 g/mol. The molecule has 1 fully saturated rings. The van der Waals surface area contributed by atoms with E-state index in [0.29, 0.717) is 51.8 Å². The van der Waals surface area contributed by atoms with Crippen molar-refractivity contribution in [3.8, 4) is 23.0 Å². The maximum atomic E-state index is 14.8. The third-order valence-electron chi connectivity index (χ3n) is 7.40. The van der Waals surface area contributed by atoms with Gasteiger partial charge in [0.2, 0.25) is 11.8 Å². The number of allylic oxidation sites excluding steroid dienone is 2. The Labute approximate surface area is 218 Å². The first kappa shape index (κ1) is 25.2. The minimum absolute atomic E-state index is 0.334. The van der Waals surface area contributed by atoms with Crippen LogP contribution in [0.3, 0.4) is 0 Å². The van der Waals surface area contributed by atoms with Crippen LogP contribution >= 0.6 is 0 Å². The zero-order chi connectivity index (χ0) is 27.1. The molecule has 0 bridgehead atoms. The molecule has 0 saturated carbocycles. The molecule has 4 N–H and O–H groups in total. The highest BCUT2D eigenvalue weighted by molar-refractivity contribution is 6.07. The fraction of sp³-hybridized carbons (Fsp3) is 0.250. The van der Waals surface area contributed by atoms with Crippen molar-refractivity contribution in [3.05, 3.63) is 72.6 Å². The molecule has 2 amide bonds. The van der Waals surface area contributed by atoms with Crippen LogP contribution in [0.4, 0.5) is 10.1 Å². The normalized spacial score (nSPS) is 19.2. The van der Waals surface area contributed by atoms with Gasteiger partial charge in [0.25, 0.3) is 0 Å². The van der Waals surface area contributed by atoms with Crippen LogP contribution in [0.15, 0.2) is 72.6 Å². The van der Waals surface area contributed by atoms with Gasteiger partial charge in [-0.1, -0.05) is 0 Å². The predicted octanol–water partition coefficient (Wildman–Crippen LogP) is 3.50. The van der Waals surface area contributed by atoms with E-state index in [2.05, 4.69) is 4.98 Å². The molecule has 2 heterocycles. The molecule has 3 aromatic rings. The van der Waals surface area contributed by atoms with E-state index in [1.165, 1.54) is 12.2 Å². The van der Waals surface area contributed by atoms with E-state index < -0.39 is 23.4 Å². The van der Waals surface area contributed by atoms with Gasteiger partial charge in [0.15, 0.2) is 16.9 Å². The van der Waals surface area contributed by atoms with Crippen molar-refractivity contribution in [2.24, 2.45) is 16.9 Å². The average Bonchev–Trinajstić information content (AvgIpc) is 2.89. The van der Waals surface area contributed by atoms with Gasteiger partial charge >= 0.3 is 0 Å². The molecular formula is C28H28FN4O5+. The molecule has 1 atom stereocenters. The summed E-state index contributed by atoms with van der Waals surface area (Å²) in [4.78, 5) is 28.8. The van der Waals surface area contributed by atoms with E-state index in [4.69, 9.17) is 25.7 Å². The fourth-order valence-corrected chi connectivity index (χ4v) is 5.10. The number of nitrogens with zero attached hydrogens (tertiary/aromatic N) is 2. The molecule has 1 aromatic heterocycles. The van der Waals surface area contributed by atoms with E-state index in [1.807, 2.05) is 30.3 Å². The van der Waals surface area contributed by atoms with Crippen LogP contribution < -0.4 is 30.2 Å². The van der Waals surface area contributed by atoms with E-state index in [-0.39, 0.29) is 0 Å². The van der Waals surface area contributed by atoms with Gasteiger partial charge in [0, 0.05) is 42.3 Å². The number of carbonyl (C=O) groups excluding carboxylic acids is 2. The van der Waals surface area contributed by atoms with Crippen LogP contribution in [0.2, 0.25) is 0 Å². The lowest BCUT2D eigenvalue weighted by Crippen LogP contribution is -2.60. The number of fused-ring (bicyclic) bond motifs is 1. The molecule has 1 aliphatic carbocycles. The Bertz CT molecular complexity index is 1470. The number of methoxy groups -OCH3 is 2. The fourth-order valence-electron chi connectivity index (χ4n) is 5.10. The first-order valence-corrected chi connectivity index (χ1v) is 12.1. The molecule has 0 radical (unpaired) electrons. The number of aromatic nitrogens is 1. The summed E-state index contributed by atoms with van der Waals surface area (Å²) in [5.74, 6) is 0.0943. The smallest absolute Gasteiger partial charge is 0.240 e. The maximum Gasteiger partial charge on any atom is 0.240 e. The number of alkyl halides is 1. The Morgan fingerprint density at radius 1 is 1.00 bits per heavy atom. The number of likely N-dealkylation sites (tertiary alicyclic amines) is 1. The zero-order valence-corrected chi connectivity index (χ0v) is 21.0. The lowest BCUT2D eigenvalue weighted by molar-refractivity contribution is -0.139. The van der Waals surface area contributed by atoms with Crippen molar-refractivity contribution < 1.29 is 28.2 Å². The Balaban J connectivity index is 1.47. The van der Waals surface area contributed by atoms with Gasteiger partial charge in [0.1, 0.15) is 29.1 Å². The molecule has 0 spiro atoms. The van der Waals surface area contributed by atoms with Crippen molar-refractivity contribution in [2.45, 2.75) is 12.6 Å². The first-order valence-electron chi connectivity index (χ1n) is 12.1. The number of pyridine rings is 1. The quantitative estimate of drug-likeness (QED) is 0.346. The van der Waals surface area contributed by atoms with Gasteiger partial charge in [-0.3, -0.25) is 19.1 Å². The van der Waals surface area contributed by atoms with Gasteiger partial charge in [0.05, 0.1) is 32.8 Å². The topological polar surface area (TPSA) is 127 Å². The van der Waals surface area contributed by atoms with Gasteiger partial charge in [-0.25, -0.2) is 4.39 Å². The van der Waals surface area contributed by atoms with Crippen LogP contribution in [0, 0.1) is 5.41 Å². The number of nitrogens with two attached hydrogens (primary N) is 2. The van der Waals surface area contributed by atoms with Crippen molar-refractivity contribution in [1.29, 1.82) is 0 Å². The number of hydrogen-bond acceptors (Lipinski definition) is 6. The van der Waals surface area contributed by atoms with Gasteiger partial charge in [-0.2, -0.15) is 0 Å². The SMILES string of the molecule is COc1cc2nccc(Oc3ccc([N+]4(C5=CC(C(N)=O)(C(N)=O)C(F)C=C5)CCC4)cc3)c2cc1OC. The summed E-state index contributed by atoms with van der Waals surface area (Å²) in [5, 5.41) is 0.757. The first-order chi connectivity index (χ1) is 18.2. The maximum absolute atomic E-state index is 14.8. The van der Waals surface area contributed by atoms with Crippen molar-refractivity contribution in [2.75, 3.05) is 27.3 Å². The van der Waals surface area contributed by atoms with Crippen molar-refractivity contribution >= 4 is 28.4 Å². The molecule has 9 nitrogen and oxygen atoms in total. The Kier molecular flexibility index (Phi) is 6.28. The standard InChI is InChI=1S/C28H27FN4O5/c1-36-23-14-20-21(15-24(23)37-2)32-11-10-22(20)38-19-7-4-17(5-8-19)33(12-3-13-33)18-6-9-25(29)28(16-18,26(30)34)27(31)35/h4-11,14-16,25H,3,12-13H2,1-2H3,(H3-,30,31,34,35)/p+1. The molecule has 1 saturated heterocycles. The molecule has 38 heavy (non-hydrogen) atoms. The van der Waals surface area contributed by atoms with Gasteiger partial charge < -0.3 is 25.7 Å². The second kappa shape index (κ2) is 9.46. The highest BCUT2D eigenvalue weighted by Crippen LogP contribution is 2.43. The van der Waals surface area contributed by atoms with E-state index in [0.717, 1.165) is 17.5 Å². The summed E-state index contributed by atoms with van der Waals surface area (Å²) >= 11 is 0. The third-order valence-corrected chi connectivity index (χ3v) is 7.40. The van der Waals surface area contributed by atoms with E-state index in [1.54, 1.807) is 38.6 Å². The second-order valence-corrected chi connectivity index (χ2v) is 9.33. The second-order valence-electron chi connectivity index (χ2n) is 9.33. The highest BCUT2D eigenvalue weighted by Gasteiger charge is 2.53. The van der Waals surface area contributed by atoms with E-state index in [9.17, 15) is 14.0 Å². The lowest BCUT2D eigenvalue weighted by Gasteiger charge is -2.47. The number of hydrogen-bond donors (Lipinski definition) is 2. The van der Waals surface area contributed by atoms with Crippen molar-refractivity contribution in [3.63, 3.8) is 0 Å². The summed E-state index contributed by atoms with van der Waals surface area (Å²) in [5.41, 5.74) is 10.9. The molecule has 1 unspecified atom stereocenters. The van der Waals surface area contributed by atoms with Crippen LogP contribution in [0.25, 0.3) is 10.9 Å². The number of benzene rings is 2. The van der Waals surface area contributed by atoms with Crippen LogP contribution in [0.1, 0.15) is 6.42 Å².